The number of nitrogens with two attached hydrogens (primary N) is 1. The van der Waals surface area contributed by atoms with Crippen molar-refractivity contribution < 1.29 is 9.13 Å². The third-order valence-electron chi connectivity index (χ3n) is 3.15. The summed E-state index contributed by atoms with van der Waals surface area (Å²) in [5.74, 6) is 0.276. The zero-order valence-electron chi connectivity index (χ0n) is 9.66. The van der Waals surface area contributed by atoms with Crippen LogP contribution in [-0.4, -0.2) is 19.3 Å². The van der Waals surface area contributed by atoms with E-state index in [1.54, 1.807) is 6.07 Å². The Morgan fingerprint density at radius 2 is 2.35 bits per heavy atom. The SMILES string of the molecule is NC(Cc1cc(F)ccc1Cl)CC1CCOC1. The van der Waals surface area contributed by atoms with Crippen molar-refractivity contribution in [2.75, 3.05) is 13.2 Å². The molecular weight excluding hydrogens is 241 g/mol. The highest BCUT2D eigenvalue weighted by Crippen LogP contribution is 2.22. The molecule has 0 radical (unpaired) electrons. The quantitative estimate of drug-likeness (QED) is 0.900. The summed E-state index contributed by atoms with van der Waals surface area (Å²) in [5.41, 5.74) is 6.86. The lowest BCUT2D eigenvalue weighted by atomic mass is 9.95. The van der Waals surface area contributed by atoms with Gasteiger partial charge in [0.1, 0.15) is 5.82 Å². The summed E-state index contributed by atoms with van der Waals surface area (Å²) in [6.45, 7) is 1.63. The molecule has 1 aromatic carbocycles. The van der Waals surface area contributed by atoms with Gasteiger partial charge in [-0.1, -0.05) is 11.6 Å². The van der Waals surface area contributed by atoms with Crippen LogP contribution in [0.3, 0.4) is 0 Å². The van der Waals surface area contributed by atoms with Crippen LogP contribution in [0.2, 0.25) is 5.02 Å². The molecule has 2 rings (SSSR count). The second kappa shape index (κ2) is 5.80. The van der Waals surface area contributed by atoms with Crippen molar-refractivity contribution in [3.63, 3.8) is 0 Å². The van der Waals surface area contributed by atoms with E-state index in [2.05, 4.69) is 0 Å². The number of hydrogen-bond acceptors (Lipinski definition) is 2. The average Bonchev–Trinajstić information content (AvgIpc) is 2.76. The van der Waals surface area contributed by atoms with E-state index < -0.39 is 0 Å². The maximum Gasteiger partial charge on any atom is 0.123 e. The molecule has 2 nitrogen and oxygen atoms in total. The summed E-state index contributed by atoms with van der Waals surface area (Å²) in [5, 5.41) is 0.588. The molecule has 2 N–H and O–H groups in total. The van der Waals surface area contributed by atoms with E-state index in [9.17, 15) is 4.39 Å². The Hall–Kier alpha value is -0.640. The van der Waals surface area contributed by atoms with Gasteiger partial charge in [0.25, 0.3) is 0 Å². The molecule has 1 fully saturated rings. The Morgan fingerprint density at radius 3 is 3.06 bits per heavy atom. The topological polar surface area (TPSA) is 35.2 Å². The summed E-state index contributed by atoms with van der Waals surface area (Å²) >= 11 is 6.01. The minimum absolute atomic E-state index is 0.0148. The normalized spacial score (nSPS) is 21.7. The molecule has 1 aromatic rings. The summed E-state index contributed by atoms with van der Waals surface area (Å²) in [6.07, 6.45) is 2.60. The number of hydrogen-bond donors (Lipinski definition) is 1. The highest BCUT2D eigenvalue weighted by atomic mass is 35.5. The van der Waals surface area contributed by atoms with Gasteiger partial charge in [0.05, 0.1) is 0 Å². The van der Waals surface area contributed by atoms with E-state index in [0.29, 0.717) is 17.4 Å². The van der Waals surface area contributed by atoms with Crippen LogP contribution in [0, 0.1) is 11.7 Å². The predicted octanol–water partition coefficient (Wildman–Crippen LogP) is 2.78. The van der Waals surface area contributed by atoms with Gasteiger partial charge in [0.2, 0.25) is 0 Å². The van der Waals surface area contributed by atoms with Crippen LogP contribution >= 0.6 is 11.6 Å². The van der Waals surface area contributed by atoms with E-state index in [1.807, 2.05) is 0 Å². The summed E-state index contributed by atoms with van der Waals surface area (Å²) in [4.78, 5) is 0. The Morgan fingerprint density at radius 1 is 1.53 bits per heavy atom. The Bertz CT molecular complexity index is 380. The smallest absolute Gasteiger partial charge is 0.123 e. The van der Waals surface area contributed by atoms with Gasteiger partial charge in [-0.2, -0.15) is 0 Å². The lowest BCUT2D eigenvalue weighted by Crippen LogP contribution is -2.26. The van der Waals surface area contributed by atoms with Crippen LogP contribution in [0.1, 0.15) is 18.4 Å². The summed E-state index contributed by atoms with van der Waals surface area (Å²) in [6, 6.07) is 4.42. The highest BCUT2D eigenvalue weighted by molar-refractivity contribution is 6.31. The molecule has 2 unspecified atom stereocenters. The van der Waals surface area contributed by atoms with E-state index in [1.165, 1.54) is 12.1 Å². The Balaban J connectivity index is 1.92. The molecule has 1 saturated heterocycles. The average molecular weight is 258 g/mol. The Labute approximate surface area is 106 Å². The first-order chi connectivity index (χ1) is 8.15. The molecule has 17 heavy (non-hydrogen) atoms. The third-order valence-corrected chi connectivity index (χ3v) is 3.52. The van der Waals surface area contributed by atoms with Crippen LogP contribution in [0.4, 0.5) is 4.39 Å². The minimum Gasteiger partial charge on any atom is -0.381 e. The lowest BCUT2D eigenvalue weighted by Gasteiger charge is -2.16. The fraction of sp³-hybridized carbons (Fsp3) is 0.538. The lowest BCUT2D eigenvalue weighted by molar-refractivity contribution is 0.182. The standard InChI is InChI=1S/C13H17ClFNO/c14-13-2-1-11(15)6-10(13)7-12(16)5-9-3-4-17-8-9/h1-2,6,9,12H,3-5,7-8,16H2. The molecule has 0 aromatic heterocycles. The molecule has 94 valence electrons. The number of ether oxygens (including phenoxy) is 1. The van der Waals surface area contributed by atoms with E-state index >= 15 is 0 Å². The van der Waals surface area contributed by atoms with Crippen molar-refractivity contribution in [2.24, 2.45) is 11.7 Å². The first-order valence-corrected chi connectivity index (χ1v) is 6.30. The van der Waals surface area contributed by atoms with Gasteiger partial charge in [-0.15, -0.1) is 0 Å². The molecule has 2 atom stereocenters. The fourth-order valence-corrected chi connectivity index (χ4v) is 2.46. The second-order valence-electron chi connectivity index (χ2n) is 4.67. The summed E-state index contributed by atoms with van der Waals surface area (Å²) < 4.78 is 18.4. The van der Waals surface area contributed by atoms with Gasteiger partial charge in [-0.05, 0) is 48.9 Å². The van der Waals surface area contributed by atoms with Crippen LogP contribution in [0.25, 0.3) is 0 Å². The van der Waals surface area contributed by atoms with Gasteiger partial charge >= 0.3 is 0 Å². The molecular formula is C13H17ClFNO. The van der Waals surface area contributed by atoms with Crippen molar-refractivity contribution >= 4 is 11.6 Å². The summed E-state index contributed by atoms with van der Waals surface area (Å²) in [7, 11) is 0. The van der Waals surface area contributed by atoms with E-state index in [4.69, 9.17) is 22.1 Å². The maximum absolute atomic E-state index is 13.1. The molecule has 0 spiro atoms. The largest absolute Gasteiger partial charge is 0.381 e. The zero-order valence-corrected chi connectivity index (χ0v) is 10.4. The molecule has 4 heteroatoms. The van der Waals surface area contributed by atoms with Crippen LogP contribution < -0.4 is 5.73 Å². The predicted molar refractivity (Wildman–Crippen MR) is 66.6 cm³/mol. The van der Waals surface area contributed by atoms with Crippen LogP contribution in [0.15, 0.2) is 18.2 Å². The molecule has 0 amide bonds. The first kappa shape index (κ1) is 12.8. The van der Waals surface area contributed by atoms with Crippen LogP contribution in [-0.2, 0) is 11.2 Å². The molecule has 0 saturated carbocycles. The monoisotopic (exact) mass is 257 g/mol. The van der Waals surface area contributed by atoms with Crippen molar-refractivity contribution in [2.45, 2.75) is 25.3 Å². The number of benzene rings is 1. The molecule has 1 heterocycles. The van der Waals surface area contributed by atoms with Crippen molar-refractivity contribution in [1.82, 2.24) is 0 Å². The molecule has 0 aliphatic carbocycles. The maximum atomic E-state index is 13.1. The molecule has 1 aliphatic heterocycles. The Kier molecular flexibility index (Phi) is 4.37. The second-order valence-corrected chi connectivity index (χ2v) is 5.07. The number of halogens is 2. The van der Waals surface area contributed by atoms with E-state index in [-0.39, 0.29) is 11.9 Å². The third kappa shape index (κ3) is 3.66. The van der Waals surface area contributed by atoms with Crippen LogP contribution in [0.5, 0.6) is 0 Å². The van der Waals surface area contributed by atoms with Crippen molar-refractivity contribution in [3.05, 3.63) is 34.6 Å². The molecule has 0 bridgehead atoms. The molecule has 1 aliphatic rings. The van der Waals surface area contributed by atoms with Crippen molar-refractivity contribution in [3.8, 4) is 0 Å². The van der Waals surface area contributed by atoms with Crippen molar-refractivity contribution in [1.29, 1.82) is 0 Å². The zero-order chi connectivity index (χ0) is 12.3. The minimum atomic E-state index is -0.263. The van der Waals surface area contributed by atoms with Gasteiger partial charge < -0.3 is 10.5 Å². The first-order valence-electron chi connectivity index (χ1n) is 5.92. The highest BCUT2D eigenvalue weighted by Gasteiger charge is 2.19. The fourth-order valence-electron chi connectivity index (χ4n) is 2.26. The van der Waals surface area contributed by atoms with Gasteiger partial charge in [0, 0.05) is 24.3 Å². The van der Waals surface area contributed by atoms with Gasteiger partial charge in [-0.3, -0.25) is 0 Å². The van der Waals surface area contributed by atoms with E-state index in [0.717, 1.165) is 31.6 Å². The van der Waals surface area contributed by atoms with Gasteiger partial charge in [-0.25, -0.2) is 4.39 Å². The number of rotatable bonds is 4. The van der Waals surface area contributed by atoms with Gasteiger partial charge in [0.15, 0.2) is 0 Å².